The lowest BCUT2D eigenvalue weighted by Crippen LogP contribution is -2.38. The molecule has 0 radical (unpaired) electrons. The highest BCUT2D eigenvalue weighted by Gasteiger charge is 2.27. The van der Waals surface area contributed by atoms with Gasteiger partial charge >= 0.3 is 6.09 Å². The first kappa shape index (κ1) is 18.1. The Labute approximate surface area is 132 Å². The summed E-state index contributed by atoms with van der Waals surface area (Å²) in [6.45, 7) is 7.49. The summed E-state index contributed by atoms with van der Waals surface area (Å²) < 4.78 is 5.30. The molecule has 1 aromatic rings. The highest BCUT2D eigenvalue weighted by Crippen LogP contribution is 2.25. The van der Waals surface area contributed by atoms with Crippen molar-refractivity contribution in [1.82, 2.24) is 10.3 Å². The molecule has 1 N–H and O–H groups in total. The molecule has 0 aliphatic carbocycles. The van der Waals surface area contributed by atoms with Gasteiger partial charge in [-0.25, -0.2) is 4.79 Å². The number of pyridine rings is 1. The van der Waals surface area contributed by atoms with Crippen LogP contribution in [0.1, 0.15) is 58.6 Å². The van der Waals surface area contributed by atoms with Gasteiger partial charge in [-0.2, -0.15) is 0 Å². The van der Waals surface area contributed by atoms with Crippen molar-refractivity contribution in [2.45, 2.75) is 58.6 Å². The van der Waals surface area contributed by atoms with Crippen LogP contribution in [0.2, 0.25) is 0 Å². The third kappa shape index (κ3) is 6.24. The molecule has 1 aromatic heterocycles. The molecule has 0 fully saturated rings. The van der Waals surface area contributed by atoms with E-state index < -0.39 is 17.7 Å². The fourth-order valence-corrected chi connectivity index (χ4v) is 2.19. The number of hydrogen-bond donors (Lipinski definition) is 1. The first-order chi connectivity index (χ1) is 10.4. The summed E-state index contributed by atoms with van der Waals surface area (Å²) in [6, 6.07) is 3.23. The van der Waals surface area contributed by atoms with Gasteiger partial charge in [0.15, 0.2) is 0 Å². The molecule has 1 amide bonds. The number of carbonyl (C=O) groups excluding carboxylic acids is 2. The number of alkyl carbamates (subject to hydrolysis) is 1. The topological polar surface area (TPSA) is 68.3 Å². The fraction of sp³-hybridized carbons (Fsp3) is 0.588. The molecule has 22 heavy (non-hydrogen) atoms. The summed E-state index contributed by atoms with van der Waals surface area (Å²) in [6.07, 6.45) is 6.36. The Morgan fingerprint density at radius 2 is 2.18 bits per heavy atom. The van der Waals surface area contributed by atoms with Crippen LogP contribution in [0.15, 0.2) is 24.5 Å². The van der Waals surface area contributed by atoms with Crippen molar-refractivity contribution in [2.24, 2.45) is 5.92 Å². The largest absolute Gasteiger partial charge is 0.444 e. The van der Waals surface area contributed by atoms with E-state index in [1.807, 2.05) is 6.07 Å². The van der Waals surface area contributed by atoms with Crippen molar-refractivity contribution in [2.75, 3.05) is 0 Å². The van der Waals surface area contributed by atoms with Crippen molar-refractivity contribution in [1.29, 1.82) is 0 Å². The van der Waals surface area contributed by atoms with Crippen LogP contribution in [0.4, 0.5) is 4.79 Å². The average molecular weight is 306 g/mol. The van der Waals surface area contributed by atoms with Gasteiger partial charge in [0.1, 0.15) is 11.9 Å². The minimum atomic E-state index is -0.580. The van der Waals surface area contributed by atoms with E-state index in [-0.39, 0.29) is 5.92 Å². The zero-order chi connectivity index (χ0) is 16.6. The predicted molar refractivity (Wildman–Crippen MR) is 85.4 cm³/mol. The van der Waals surface area contributed by atoms with Gasteiger partial charge in [-0.3, -0.25) is 4.98 Å². The molecule has 0 unspecified atom stereocenters. The van der Waals surface area contributed by atoms with E-state index in [9.17, 15) is 9.59 Å². The monoisotopic (exact) mass is 306 g/mol. The van der Waals surface area contributed by atoms with Crippen molar-refractivity contribution in [3.63, 3.8) is 0 Å². The van der Waals surface area contributed by atoms with Crippen LogP contribution >= 0.6 is 0 Å². The molecule has 0 aliphatic heterocycles. The maximum Gasteiger partial charge on any atom is 0.408 e. The average Bonchev–Trinajstić information content (AvgIpc) is 2.45. The summed E-state index contributed by atoms with van der Waals surface area (Å²) >= 11 is 0. The number of rotatable bonds is 7. The second-order valence-corrected chi connectivity index (χ2v) is 6.35. The van der Waals surface area contributed by atoms with Gasteiger partial charge in [-0.05, 0) is 38.8 Å². The SMILES string of the molecule is CCCC[C@@H](C=O)[C@H](NC(=O)OC(C)(C)C)c1cccnc1. The van der Waals surface area contributed by atoms with Crippen LogP contribution in [-0.2, 0) is 9.53 Å². The van der Waals surface area contributed by atoms with Crippen molar-refractivity contribution in [3.8, 4) is 0 Å². The molecule has 122 valence electrons. The molecule has 0 aromatic carbocycles. The van der Waals surface area contributed by atoms with Gasteiger partial charge in [0.2, 0.25) is 0 Å². The maximum atomic E-state index is 12.1. The normalized spacial score (nSPS) is 14.0. The number of aldehydes is 1. The fourth-order valence-electron chi connectivity index (χ4n) is 2.19. The Morgan fingerprint density at radius 3 is 2.68 bits per heavy atom. The number of amides is 1. The Kier molecular flexibility index (Phi) is 7.02. The van der Waals surface area contributed by atoms with Gasteiger partial charge in [-0.15, -0.1) is 0 Å². The second-order valence-electron chi connectivity index (χ2n) is 6.35. The molecule has 0 saturated heterocycles. The van der Waals surface area contributed by atoms with Gasteiger partial charge in [0.25, 0.3) is 0 Å². The number of nitrogens with one attached hydrogen (secondary N) is 1. The van der Waals surface area contributed by atoms with E-state index in [0.717, 1.165) is 31.1 Å². The van der Waals surface area contributed by atoms with Crippen LogP contribution in [0.3, 0.4) is 0 Å². The smallest absolute Gasteiger partial charge is 0.408 e. The second kappa shape index (κ2) is 8.51. The van der Waals surface area contributed by atoms with Crippen LogP contribution in [0.25, 0.3) is 0 Å². The van der Waals surface area contributed by atoms with Gasteiger partial charge in [-0.1, -0.05) is 25.8 Å². The van der Waals surface area contributed by atoms with Gasteiger partial charge in [0, 0.05) is 18.3 Å². The van der Waals surface area contributed by atoms with E-state index in [0.29, 0.717) is 0 Å². The lowest BCUT2D eigenvalue weighted by atomic mass is 9.91. The third-order valence-electron chi connectivity index (χ3n) is 3.21. The first-order valence-corrected chi connectivity index (χ1v) is 7.72. The zero-order valence-corrected chi connectivity index (χ0v) is 13.8. The molecule has 2 atom stereocenters. The maximum absolute atomic E-state index is 12.1. The Bertz CT molecular complexity index is 469. The van der Waals surface area contributed by atoms with Crippen LogP contribution in [0.5, 0.6) is 0 Å². The van der Waals surface area contributed by atoms with Gasteiger partial charge < -0.3 is 14.8 Å². The van der Waals surface area contributed by atoms with E-state index in [1.54, 1.807) is 39.2 Å². The number of hydrogen-bond acceptors (Lipinski definition) is 4. The van der Waals surface area contributed by atoms with E-state index in [2.05, 4.69) is 17.2 Å². The lowest BCUT2D eigenvalue weighted by Gasteiger charge is -2.27. The van der Waals surface area contributed by atoms with Crippen LogP contribution in [0, 0.1) is 5.92 Å². The lowest BCUT2D eigenvalue weighted by molar-refractivity contribution is -0.112. The number of nitrogens with zero attached hydrogens (tertiary/aromatic N) is 1. The molecule has 0 spiro atoms. The van der Waals surface area contributed by atoms with E-state index in [1.165, 1.54) is 0 Å². The van der Waals surface area contributed by atoms with Crippen molar-refractivity contribution < 1.29 is 14.3 Å². The van der Waals surface area contributed by atoms with Gasteiger partial charge in [0.05, 0.1) is 6.04 Å². The molecule has 0 saturated carbocycles. The highest BCUT2D eigenvalue weighted by molar-refractivity contribution is 5.69. The number of carbonyl (C=O) groups is 2. The number of aromatic nitrogens is 1. The third-order valence-corrected chi connectivity index (χ3v) is 3.21. The quantitative estimate of drug-likeness (QED) is 0.781. The molecule has 1 rings (SSSR count). The molecular formula is C17H26N2O3. The number of unbranched alkanes of at least 4 members (excludes halogenated alkanes) is 1. The van der Waals surface area contributed by atoms with E-state index in [4.69, 9.17) is 4.74 Å². The van der Waals surface area contributed by atoms with Crippen LogP contribution in [-0.4, -0.2) is 23.0 Å². The Morgan fingerprint density at radius 1 is 1.45 bits per heavy atom. The first-order valence-electron chi connectivity index (χ1n) is 7.72. The molecule has 5 nitrogen and oxygen atoms in total. The summed E-state index contributed by atoms with van der Waals surface area (Å²) in [5.41, 5.74) is 0.227. The Balaban J connectivity index is 2.91. The summed E-state index contributed by atoms with van der Waals surface area (Å²) in [5, 5.41) is 2.82. The minimum Gasteiger partial charge on any atom is -0.444 e. The summed E-state index contributed by atoms with van der Waals surface area (Å²) in [5.74, 6) is -0.295. The standard InChI is InChI=1S/C17H26N2O3/c1-5-6-8-14(12-20)15(13-9-7-10-18-11-13)19-16(21)22-17(2,3)4/h7,9-12,14-15H,5-6,8H2,1-4H3,(H,19,21)/t14-,15+/m0/s1. The summed E-state index contributed by atoms with van der Waals surface area (Å²) in [4.78, 5) is 27.6. The molecule has 1 heterocycles. The van der Waals surface area contributed by atoms with Crippen LogP contribution < -0.4 is 5.32 Å². The Hall–Kier alpha value is -1.91. The van der Waals surface area contributed by atoms with E-state index >= 15 is 0 Å². The molecule has 0 bridgehead atoms. The minimum absolute atomic E-state index is 0.295. The zero-order valence-electron chi connectivity index (χ0n) is 13.8. The number of ether oxygens (including phenoxy) is 1. The summed E-state index contributed by atoms with van der Waals surface area (Å²) in [7, 11) is 0. The van der Waals surface area contributed by atoms with Crippen molar-refractivity contribution in [3.05, 3.63) is 30.1 Å². The molecular weight excluding hydrogens is 280 g/mol. The predicted octanol–water partition coefficient (Wildman–Crippen LogP) is 3.65. The molecule has 0 aliphatic rings. The molecule has 5 heteroatoms. The van der Waals surface area contributed by atoms with Crippen molar-refractivity contribution >= 4 is 12.4 Å². The highest BCUT2D eigenvalue weighted by atomic mass is 16.6.